The van der Waals surface area contributed by atoms with Crippen molar-refractivity contribution in [3.8, 4) is 0 Å². The van der Waals surface area contributed by atoms with Crippen molar-refractivity contribution in [3.63, 3.8) is 0 Å². The van der Waals surface area contributed by atoms with E-state index in [1.54, 1.807) is 18.2 Å². The highest BCUT2D eigenvalue weighted by Gasteiger charge is 2.21. The molecule has 0 atom stereocenters. The van der Waals surface area contributed by atoms with Gasteiger partial charge in [-0.3, -0.25) is 0 Å². The average molecular weight is 264 g/mol. The van der Waals surface area contributed by atoms with Crippen LogP contribution in [0.2, 0.25) is 0 Å². The van der Waals surface area contributed by atoms with E-state index >= 15 is 0 Å². The molecule has 2 rings (SSSR count). The van der Waals surface area contributed by atoms with Crippen LogP contribution in [0.4, 0.5) is 8.78 Å². The fraction of sp³-hybridized carbons (Fsp3) is 0.529. The smallest absolute Gasteiger partial charge is 0.123 e. The fourth-order valence-corrected chi connectivity index (χ4v) is 3.11. The van der Waals surface area contributed by atoms with Crippen LogP contribution >= 0.6 is 0 Å². The summed E-state index contributed by atoms with van der Waals surface area (Å²) in [4.78, 5) is 0. The molecule has 0 saturated heterocycles. The third-order valence-electron chi connectivity index (χ3n) is 4.26. The molecule has 1 aromatic rings. The molecule has 0 unspecified atom stereocenters. The normalized spacial score (nSPS) is 23.9. The highest BCUT2D eigenvalue weighted by molar-refractivity contribution is 5.20. The first-order valence-electron chi connectivity index (χ1n) is 7.30. The van der Waals surface area contributed by atoms with Crippen molar-refractivity contribution < 1.29 is 8.78 Å². The van der Waals surface area contributed by atoms with Gasteiger partial charge in [-0.1, -0.05) is 24.6 Å². The van der Waals surface area contributed by atoms with Crippen molar-refractivity contribution in [3.05, 3.63) is 48.1 Å². The number of hydrogen-bond donors (Lipinski definition) is 0. The number of rotatable bonds is 5. The summed E-state index contributed by atoms with van der Waals surface area (Å²) in [5.74, 6) is 1.24. The van der Waals surface area contributed by atoms with Crippen LogP contribution in [-0.4, -0.2) is 0 Å². The van der Waals surface area contributed by atoms with E-state index in [0.717, 1.165) is 18.8 Å². The van der Waals surface area contributed by atoms with E-state index in [2.05, 4.69) is 0 Å². The molecular weight excluding hydrogens is 242 g/mol. The van der Waals surface area contributed by atoms with E-state index in [4.69, 9.17) is 0 Å². The maximum absolute atomic E-state index is 12.9. The van der Waals surface area contributed by atoms with Gasteiger partial charge in [-0.25, -0.2) is 8.78 Å². The van der Waals surface area contributed by atoms with Gasteiger partial charge in [-0.05, 0) is 68.1 Å². The van der Waals surface area contributed by atoms with Crippen LogP contribution in [0.15, 0.2) is 36.7 Å². The van der Waals surface area contributed by atoms with Crippen LogP contribution in [0.1, 0.15) is 56.4 Å². The van der Waals surface area contributed by atoms with E-state index < -0.39 is 0 Å². The molecule has 0 aliphatic heterocycles. The van der Waals surface area contributed by atoms with Crippen LogP contribution in [0, 0.1) is 11.7 Å². The van der Waals surface area contributed by atoms with Crippen LogP contribution < -0.4 is 0 Å². The molecule has 1 saturated carbocycles. The lowest BCUT2D eigenvalue weighted by Crippen LogP contribution is -2.13. The average Bonchev–Trinajstić information content (AvgIpc) is 2.45. The van der Waals surface area contributed by atoms with Gasteiger partial charge in [-0.2, -0.15) is 0 Å². The molecule has 0 heterocycles. The summed E-state index contributed by atoms with van der Waals surface area (Å²) in [5.41, 5.74) is 1.28. The van der Waals surface area contributed by atoms with Crippen molar-refractivity contribution in [2.24, 2.45) is 5.92 Å². The van der Waals surface area contributed by atoms with Crippen LogP contribution in [-0.2, 0) is 0 Å². The summed E-state index contributed by atoms with van der Waals surface area (Å²) in [5, 5.41) is 0. The molecular formula is C17H22F2. The largest absolute Gasteiger partial charge is 0.216 e. The van der Waals surface area contributed by atoms with Crippen LogP contribution in [0.25, 0.3) is 0 Å². The Morgan fingerprint density at radius 3 is 2.37 bits per heavy atom. The predicted octanol–water partition coefficient (Wildman–Crippen LogP) is 5.75. The first-order valence-corrected chi connectivity index (χ1v) is 7.30. The molecule has 1 aliphatic carbocycles. The lowest BCUT2D eigenvalue weighted by molar-refractivity contribution is 0.305. The van der Waals surface area contributed by atoms with E-state index in [1.165, 1.54) is 37.7 Å². The second-order valence-electron chi connectivity index (χ2n) is 5.56. The summed E-state index contributed by atoms with van der Waals surface area (Å²) in [6, 6.07) is 6.97. The Hall–Kier alpha value is -1.18. The summed E-state index contributed by atoms with van der Waals surface area (Å²) in [6.45, 7) is 0. The molecule has 1 fully saturated rings. The third-order valence-corrected chi connectivity index (χ3v) is 4.26. The second-order valence-corrected chi connectivity index (χ2v) is 5.56. The molecule has 0 N–H and O–H groups in total. The maximum Gasteiger partial charge on any atom is 0.123 e. The minimum Gasteiger partial charge on any atom is -0.216 e. The van der Waals surface area contributed by atoms with Crippen LogP contribution in [0.3, 0.4) is 0 Å². The number of benzene rings is 1. The van der Waals surface area contributed by atoms with E-state index in [-0.39, 0.29) is 5.82 Å². The van der Waals surface area contributed by atoms with Gasteiger partial charge in [0.15, 0.2) is 0 Å². The first-order chi connectivity index (χ1) is 9.29. The molecule has 0 amide bonds. The molecule has 0 nitrogen and oxygen atoms in total. The minimum absolute atomic E-state index is 0.154. The molecule has 0 bridgehead atoms. The van der Waals surface area contributed by atoms with Gasteiger partial charge in [0.2, 0.25) is 0 Å². The van der Waals surface area contributed by atoms with Crippen molar-refractivity contribution in [1.29, 1.82) is 0 Å². The Bertz CT molecular complexity index is 386. The zero-order chi connectivity index (χ0) is 13.5. The topological polar surface area (TPSA) is 0 Å². The Morgan fingerprint density at radius 1 is 1.05 bits per heavy atom. The fourth-order valence-electron chi connectivity index (χ4n) is 3.11. The first kappa shape index (κ1) is 14.2. The summed E-state index contributed by atoms with van der Waals surface area (Å²) < 4.78 is 24.7. The monoisotopic (exact) mass is 264 g/mol. The summed E-state index contributed by atoms with van der Waals surface area (Å²) in [7, 11) is 0. The predicted molar refractivity (Wildman–Crippen MR) is 75.2 cm³/mol. The zero-order valence-electron chi connectivity index (χ0n) is 11.3. The van der Waals surface area contributed by atoms with Gasteiger partial charge in [0, 0.05) is 0 Å². The molecule has 19 heavy (non-hydrogen) atoms. The van der Waals surface area contributed by atoms with E-state index in [1.807, 2.05) is 12.1 Å². The standard InChI is InChI=1S/C17H22F2/c18-13-3-1-2-4-14-5-7-15(8-6-14)16-9-11-17(19)12-10-16/h3,9-15H,1-2,4-8H2/t14-,15-. The van der Waals surface area contributed by atoms with Crippen molar-refractivity contribution in [2.45, 2.75) is 50.9 Å². The molecule has 2 heteroatoms. The lowest BCUT2D eigenvalue weighted by atomic mass is 9.77. The Morgan fingerprint density at radius 2 is 1.74 bits per heavy atom. The number of unbranched alkanes of at least 4 members (excludes halogenated alkanes) is 1. The molecule has 0 radical (unpaired) electrons. The van der Waals surface area contributed by atoms with Crippen molar-refractivity contribution in [1.82, 2.24) is 0 Å². The number of halogens is 2. The SMILES string of the molecule is FC=CCCC[C@H]1CC[C@H](c2ccc(F)cc2)CC1. The molecule has 1 aromatic carbocycles. The van der Waals surface area contributed by atoms with Crippen molar-refractivity contribution in [2.75, 3.05) is 0 Å². The summed E-state index contributed by atoms with van der Waals surface area (Å²) in [6.07, 6.45) is 10.3. The highest BCUT2D eigenvalue weighted by Crippen LogP contribution is 2.37. The number of hydrogen-bond acceptors (Lipinski definition) is 0. The molecule has 0 aromatic heterocycles. The summed E-state index contributed by atoms with van der Waals surface area (Å²) >= 11 is 0. The van der Waals surface area contributed by atoms with E-state index in [0.29, 0.717) is 12.2 Å². The highest BCUT2D eigenvalue weighted by atomic mass is 19.1. The Kier molecular flexibility index (Phi) is 5.56. The quantitative estimate of drug-likeness (QED) is 0.594. The van der Waals surface area contributed by atoms with Crippen molar-refractivity contribution >= 4 is 0 Å². The van der Waals surface area contributed by atoms with Gasteiger partial charge in [0.1, 0.15) is 5.82 Å². The van der Waals surface area contributed by atoms with Gasteiger partial charge in [-0.15, -0.1) is 0 Å². The lowest BCUT2D eigenvalue weighted by Gasteiger charge is -2.28. The van der Waals surface area contributed by atoms with Gasteiger partial charge in [0.05, 0.1) is 6.33 Å². The molecule has 0 spiro atoms. The number of allylic oxidation sites excluding steroid dienone is 1. The Labute approximate surface area is 114 Å². The minimum atomic E-state index is -0.154. The third kappa shape index (κ3) is 4.45. The van der Waals surface area contributed by atoms with Gasteiger partial charge >= 0.3 is 0 Å². The van der Waals surface area contributed by atoms with Gasteiger partial charge in [0.25, 0.3) is 0 Å². The maximum atomic E-state index is 12.9. The van der Waals surface area contributed by atoms with Crippen LogP contribution in [0.5, 0.6) is 0 Å². The second kappa shape index (κ2) is 7.42. The zero-order valence-corrected chi connectivity index (χ0v) is 11.3. The molecule has 1 aliphatic rings. The Balaban J connectivity index is 1.74. The van der Waals surface area contributed by atoms with E-state index in [9.17, 15) is 8.78 Å². The molecule has 104 valence electrons. The van der Waals surface area contributed by atoms with Gasteiger partial charge < -0.3 is 0 Å².